The maximum absolute atomic E-state index is 3.86. The van der Waals surface area contributed by atoms with Crippen molar-refractivity contribution in [3.8, 4) is 0 Å². The third-order valence-corrected chi connectivity index (χ3v) is 5.21. The quantitative estimate of drug-likeness (QED) is 0.857. The van der Waals surface area contributed by atoms with Crippen LogP contribution in [0.1, 0.15) is 49.3 Å². The fourth-order valence-electron chi connectivity index (χ4n) is 3.22. The Bertz CT molecular complexity index is 388. The van der Waals surface area contributed by atoms with Crippen molar-refractivity contribution in [2.75, 3.05) is 19.6 Å². The number of hydrogen-bond donors (Lipinski definition) is 1. The van der Waals surface area contributed by atoms with Crippen LogP contribution >= 0.6 is 11.3 Å². The molecule has 2 heterocycles. The average Bonchev–Trinajstić information content (AvgIpc) is 2.67. The zero-order valence-electron chi connectivity index (χ0n) is 13.3. The van der Waals surface area contributed by atoms with Gasteiger partial charge in [0.15, 0.2) is 0 Å². The van der Waals surface area contributed by atoms with Gasteiger partial charge in [-0.3, -0.25) is 0 Å². The first-order chi connectivity index (χ1) is 9.67. The van der Waals surface area contributed by atoms with Crippen molar-refractivity contribution in [2.24, 2.45) is 0 Å². The highest BCUT2D eigenvalue weighted by atomic mass is 32.1. The number of thiophene rings is 1. The smallest absolute Gasteiger partial charge is 0.00896 e. The van der Waals surface area contributed by atoms with E-state index in [1.54, 1.807) is 0 Å². The fraction of sp³-hybridized carbons (Fsp3) is 0.765. The largest absolute Gasteiger partial charge is 0.311 e. The molecule has 1 aromatic heterocycles. The zero-order valence-corrected chi connectivity index (χ0v) is 14.1. The van der Waals surface area contributed by atoms with Gasteiger partial charge in [-0.15, -0.1) is 11.3 Å². The molecular weight excluding hydrogens is 264 g/mol. The minimum atomic E-state index is 0.593. The molecule has 1 aliphatic heterocycles. The lowest BCUT2D eigenvalue weighted by molar-refractivity contribution is 0.281. The van der Waals surface area contributed by atoms with Crippen LogP contribution in [0.25, 0.3) is 0 Å². The number of aryl methyl sites for hydroxylation is 1. The van der Waals surface area contributed by atoms with Gasteiger partial charge in [-0.25, -0.2) is 0 Å². The van der Waals surface area contributed by atoms with Crippen molar-refractivity contribution in [1.82, 2.24) is 10.2 Å². The van der Waals surface area contributed by atoms with E-state index in [1.807, 2.05) is 11.3 Å². The van der Waals surface area contributed by atoms with Crippen LogP contribution in [0.15, 0.2) is 12.1 Å². The van der Waals surface area contributed by atoms with Gasteiger partial charge in [-0.1, -0.05) is 6.92 Å². The molecule has 0 saturated carbocycles. The molecule has 114 valence electrons. The van der Waals surface area contributed by atoms with Crippen LogP contribution in [0, 0.1) is 6.92 Å². The maximum Gasteiger partial charge on any atom is 0.00896 e. The Kier molecular flexibility index (Phi) is 6.53. The molecule has 0 amide bonds. The Morgan fingerprint density at radius 2 is 2.20 bits per heavy atom. The topological polar surface area (TPSA) is 15.3 Å². The molecule has 2 unspecified atom stereocenters. The summed E-state index contributed by atoms with van der Waals surface area (Å²) >= 11 is 1.94. The summed E-state index contributed by atoms with van der Waals surface area (Å²) in [5.74, 6) is 0. The lowest BCUT2D eigenvalue weighted by atomic mass is 10.1. The Hall–Kier alpha value is -0.380. The Balaban J connectivity index is 1.75. The number of nitrogens with one attached hydrogen (secondary N) is 1. The van der Waals surface area contributed by atoms with Crippen molar-refractivity contribution in [1.29, 1.82) is 0 Å². The van der Waals surface area contributed by atoms with E-state index in [0.717, 1.165) is 0 Å². The number of nitrogens with zero attached hydrogens (tertiary/aromatic N) is 1. The van der Waals surface area contributed by atoms with Crippen molar-refractivity contribution in [2.45, 2.75) is 65.0 Å². The highest BCUT2D eigenvalue weighted by molar-refractivity contribution is 7.11. The van der Waals surface area contributed by atoms with Crippen molar-refractivity contribution in [3.63, 3.8) is 0 Å². The second-order valence-corrected chi connectivity index (χ2v) is 7.63. The minimum Gasteiger partial charge on any atom is -0.311 e. The van der Waals surface area contributed by atoms with E-state index in [-0.39, 0.29) is 0 Å². The highest BCUT2D eigenvalue weighted by Gasteiger charge is 2.18. The van der Waals surface area contributed by atoms with Crippen LogP contribution in [0.3, 0.4) is 0 Å². The molecule has 0 radical (unpaired) electrons. The monoisotopic (exact) mass is 294 g/mol. The molecule has 3 heteroatoms. The molecule has 1 saturated heterocycles. The van der Waals surface area contributed by atoms with E-state index < -0.39 is 0 Å². The molecule has 2 atom stereocenters. The summed E-state index contributed by atoms with van der Waals surface area (Å²) < 4.78 is 0. The van der Waals surface area contributed by atoms with Gasteiger partial charge in [0.1, 0.15) is 0 Å². The summed E-state index contributed by atoms with van der Waals surface area (Å²) in [5, 5.41) is 3.86. The number of rotatable bonds is 6. The Morgan fingerprint density at radius 3 is 2.90 bits per heavy atom. The molecule has 0 spiro atoms. The molecule has 1 aromatic rings. The second-order valence-electron chi connectivity index (χ2n) is 6.25. The van der Waals surface area contributed by atoms with E-state index in [0.29, 0.717) is 12.1 Å². The van der Waals surface area contributed by atoms with Crippen LogP contribution in [0.2, 0.25) is 0 Å². The summed E-state index contributed by atoms with van der Waals surface area (Å²) in [6.07, 6.45) is 6.46. The summed E-state index contributed by atoms with van der Waals surface area (Å²) in [6.45, 7) is 10.7. The van der Waals surface area contributed by atoms with Crippen LogP contribution in [-0.4, -0.2) is 36.6 Å². The molecule has 0 bridgehead atoms. The van der Waals surface area contributed by atoms with Crippen LogP contribution in [0.4, 0.5) is 0 Å². The second kappa shape index (κ2) is 8.16. The lowest BCUT2D eigenvalue weighted by Crippen LogP contribution is -2.38. The van der Waals surface area contributed by atoms with Gasteiger partial charge >= 0.3 is 0 Å². The van der Waals surface area contributed by atoms with Crippen LogP contribution in [-0.2, 0) is 6.42 Å². The third kappa shape index (κ3) is 5.19. The maximum atomic E-state index is 3.86. The van der Waals surface area contributed by atoms with Crippen LogP contribution in [0.5, 0.6) is 0 Å². The van der Waals surface area contributed by atoms with E-state index in [1.165, 1.54) is 61.5 Å². The molecule has 1 fully saturated rings. The highest BCUT2D eigenvalue weighted by Crippen LogP contribution is 2.18. The van der Waals surface area contributed by atoms with Crippen LogP contribution < -0.4 is 5.32 Å². The van der Waals surface area contributed by atoms with Crippen molar-refractivity contribution in [3.05, 3.63) is 21.9 Å². The fourth-order valence-corrected chi connectivity index (χ4v) is 4.24. The average molecular weight is 295 g/mol. The molecule has 1 aliphatic rings. The van der Waals surface area contributed by atoms with E-state index in [4.69, 9.17) is 0 Å². The first-order valence-electron chi connectivity index (χ1n) is 8.21. The summed E-state index contributed by atoms with van der Waals surface area (Å²) in [5.41, 5.74) is 0. The number of likely N-dealkylation sites (tertiary alicyclic amines) is 1. The lowest BCUT2D eigenvalue weighted by Gasteiger charge is -2.22. The predicted molar refractivity (Wildman–Crippen MR) is 89.7 cm³/mol. The molecular formula is C17H30N2S. The van der Waals surface area contributed by atoms with Gasteiger partial charge in [0.25, 0.3) is 0 Å². The van der Waals surface area contributed by atoms with Gasteiger partial charge in [0, 0.05) is 21.8 Å². The summed E-state index contributed by atoms with van der Waals surface area (Å²) in [7, 11) is 0. The molecule has 20 heavy (non-hydrogen) atoms. The molecule has 0 aromatic carbocycles. The van der Waals surface area contributed by atoms with Crippen molar-refractivity contribution >= 4 is 11.3 Å². The van der Waals surface area contributed by atoms with Crippen molar-refractivity contribution < 1.29 is 0 Å². The van der Waals surface area contributed by atoms with E-state index in [2.05, 4.69) is 43.1 Å². The first-order valence-corrected chi connectivity index (χ1v) is 9.02. The Labute approximate surface area is 128 Å². The summed E-state index contributed by atoms with van der Waals surface area (Å²) in [4.78, 5) is 5.58. The van der Waals surface area contributed by atoms with Gasteiger partial charge in [-0.2, -0.15) is 0 Å². The van der Waals surface area contributed by atoms with Gasteiger partial charge in [-0.05, 0) is 77.7 Å². The molecule has 1 N–H and O–H groups in total. The summed E-state index contributed by atoms with van der Waals surface area (Å²) in [6, 6.07) is 5.83. The standard InChI is InChI=1S/C17H30N2S/c1-4-10-19-11-5-6-16(9-12-19)18-14(2)13-17-8-7-15(3)20-17/h7-8,14,16,18H,4-6,9-13H2,1-3H3. The Morgan fingerprint density at radius 1 is 1.35 bits per heavy atom. The van der Waals surface area contributed by atoms with Gasteiger partial charge < -0.3 is 10.2 Å². The van der Waals surface area contributed by atoms with Gasteiger partial charge in [0.05, 0.1) is 0 Å². The van der Waals surface area contributed by atoms with E-state index in [9.17, 15) is 0 Å². The first kappa shape index (κ1) is 16.0. The normalized spacial score (nSPS) is 22.6. The third-order valence-electron chi connectivity index (χ3n) is 4.18. The predicted octanol–water partition coefficient (Wildman–Crippen LogP) is 3.84. The molecule has 2 nitrogen and oxygen atoms in total. The van der Waals surface area contributed by atoms with E-state index >= 15 is 0 Å². The number of hydrogen-bond acceptors (Lipinski definition) is 3. The molecule has 2 rings (SSSR count). The zero-order chi connectivity index (χ0) is 14.4. The minimum absolute atomic E-state index is 0.593. The SMILES string of the molecule is CCCN1CCCC(NC(C)Cc2ccc(C)s2)CC1. The molecule has 0 aliphatic carbocycles. The van der Waals surface area contributed by atoms with Gasteiger partial charge in [0.2, 0.25) is 0 Å².